The lowest BCUT2D eigenvalue weighted by atomic mass is 10.2. The van der Waals surface area contributed by atoms with Gasteiger partial charge in [0.05, 0.1) is 6.61 Å². The Morgan fingerprint density at radius 2 is 1.65 bits per heavy atom. The molecule has 1 aromatic carbocycles. The summed E-state index contributed by atoms with van der Waals surface area (Å²) in [5.74, 6) is 0.944. The molecule has 20 heavy (non-hydrogen) atoms. The van der Waals surface area contributed by atoms with Gasteiger partial charge in [0.25, 0.3) is 0 Å². The fourth-order valence-corrected chi connectivity index (χ4v) is 1.70. The highest BCUT2D eigenvalue weighted by Crippen LogP contribution is 2.12. The number of benzene rings is 1. The summed E-state index contributed by atoms with van der Waals surface area (Å²) in [6.45, 7) is 15.3. The molecule has 0 fully saturated rings. The highest BCUT2D eigenvalue weighted by molar-refractivity contribution is 5.48. The molecule has 0 heterocycles. The zero-order valence-corrected chi connectivity index (χ0v) is 13.8. The SMILES string of the molecule is C=Cc1ccc(OCCCC)cc1.CC(C)NC(C)C. The van der Waals surface area contributed by atoms with E-state index in [1.165, 1.54) is 6.42 Å². The van der Waals surface area contributed by atoms with E-state index in [-0.39, 0.29) is 0 Å². The lowest BCUT2D eigenvalue weighted by Crippen LogP contribution is -2.29. The fraction of sp³-hybridized carbons (Fsp3) is 0.556. The third-order valence-corrected chi connectivity index (χ3v) is 2.55. The first kappa shape index (κ1) is 18.7. The third kappa shape index (κ3) is 10.6. The summed E-state index contributed by atoms with van der Waals surface area (Å²) in [4.78, 5) is 0. The van der Waals surface area contributed by atoms with Gasteiger partial charge in [-0.25, -0.2) is 0 Å². The lowest BCUT2D eigenvalue weighted by Gasteiger charge is -2.10. The molecular formula is C18H31NO. The van der Waals surface area contributed by atoms with Gasteiger partial charge < -0.3 is 10.1 Å². The maximum Gasteiger partial charge on any atom is 0.119 e. The predicted molar refractivity (Wildman–Crippen MR) is 90.3 cm³/mol. The average Bonchev–Trinajstić information content (AvgIpc) is 2.39. The standard InChI is InChI=1S/C12H16O.C6H15N/c1-3-5-10-13-12-8-6-11(4-2)7-9-12;1-5(2)7-6(3)4/h4,6-9H,2-3,5,10H2,1H3;5-7H,1-4H3. The Labute approximate surface area is 125 Å². The lowest BCUT2D eigenvalue weighted by molar-refractivity contribution is 0.309. The molecule has 0 radical (unpaired) electrons. The Balaban J connectivity index is 0.000000441. The summed E-state index contributed by atoms with van der Waals surface area (Å²) in [5.41, 5.74) is 1.13. The second-order valence-corrected chi connectivity index (χ2v) is 5.45. The zero-order valence-electron chi connectivity index (χ0n) is 13.8. The van der Waals surface area contributed by atoms with E-state index in [1.807, 2.05) is 30.3 Å². The normalized spacial score (nSPS) is 10.2. The van der Waals surface area contributed by atoms with E-state index in [9.17, 15) is 0 Å². The average molecular weight is 277 g/mol. The van der Waals surface area contributed by atoms with Crippen LogP contribution in [0.4, 0.5) is 0 Å². The molecule has 0 bridgehead atoms. The second-order valence-electron chi connectivity index (χ2n) is 5.45. The van der Waals surface area contributed by atoms with Crippen molar-refractivity contribution in [2.24, 2.45) is 0 Å². The number of nitrogens with one attached hydrogen (secondary N) is 1. The number of hydrogen-bond acceptors (Lipinski definition) is 2. The molecule has 0 unspecified atom stereocenters. The molecule has 2 heteroatoms. The van der Waals surface area contributed by atoms with Crippen LogP contribution >= 0.6 is 0 Å². The molecule has 0 saturated heterocycles. The van der Waals surface area contributed by atoms with E-state index in [0.717, 1.165) is 24.3 Å². The molecule has 0 saturated carbocycles. The van der Waals surface area contributed by atoms with Crippen LogP contribution in [0, 0.1) is 0 Å². The monoisotopic (exact) mass is 277 g/mol. The van der Waals surface area contributed by atoms with Crippen LogP contribution in [0.1, 0.15) is 53.0 Å². The zero-order chi connectivity index (χ0) is 15.4. The molecule has 0 atom stereocenters. The van der Waals surface area contributed by atoms with Gasteiger partial charge >= 0.3 is 0 Å². The topological polar surface area (TPSA) is 21.3 Å². The molecule has 0 aliphatic carbocycles. The van der Waals surface area contributed by atoms with Gasteiger partial charge in [0.1, 0.15) is 5.75 Å². The highest BCUT2D eigenvalue weighted by Gasteiger charge is 1.93. The summed E-state index contributed by atoms with van der Waals surface area (Å²) in [6, 6.07) is 9.22. The minimum Gasteiger partial charge on any atom is -0.494 e. The van der Waals surface area contributed by atoms with Crippen molar-refractivity contribution in [3.05, 3.63) is 36.4 Å². The summed E-state index contributed by atoms with van der Waals surface area (Å²) in [6.07, 6.45) is 4.11. The molecule has 0 amide bonds. The van der Waals surface area contributed by atoms with E-state index in [4.69, 9.17) is 4.74 Å². The first-order valence-corrected chi connectivity index (χ1v) is 7.60. The Kier molecular flexibility index (Phi) is 10.8. The van der Waals surface area contributed by atoms with Crippen LogP contribution in [0.15, 0.2) is 30.8 Å². The number of rotatable bonds is 7. The first-order valence-electron chi connectivity index (χ1n) is 7.60. The van der Waals surface area contributed by atoms with Crippen molar-refractivity contribution in [1.82, 2.24) is 5.32 Å². The van der Waals surface area contributed by atoms with Crippen LogP contribution in [0.3, 0.4) is 0 Å². The number of ether oxygens (including phenoxy) is 1. The molecule has 2 nitrogen and oxygen atoms in total. The molecule has 0 aliphatic rings. The van der Waals surface area contributed by atoms with E-state index in [1.54, 1.807) is 0 Å². The minimum absolute atomic E-state index is 0.625. The van der Waals surface area contributed by atoms with Gasteiger partial charge in [0.15, 0.2) is 0 Å². The van der Waals surface area contributed by atoms with Crippen molar-refractivity contribution in [2.45, 2.75) is 59.5 Å². The van der Waals surface area contributed by atoms with E-state index >= 15 is 0 Å². The van der Waals surface area contributed by atoms with E-state index in [0.29, 0.717) is 12.1 Å². The molecule has 0 spiro atoms. The van der Waals surface area contributed by atoms with Gasteiger partial charge in [-0.05, 0) is 24.1 Å². The van der Waals surface area contributed by atoms with E-state index < -0.39 is 0 Å². The second kappa shape index (κ2) is 11.5. The van der Waals surface area contributed by atoms with Crippen LogP contribution < -0.4 is 10.1 Å². The molecule has 114 valence electrons. The number of unbranched alkanes of at least 4 members (excludes halogenated alkanes) is 1. The van der Waals surface area contributed by atoms with Crippen LogP contribution in [0.5, 0.6) is 5.75 Å². The van der Waals surface area contributed by atoms with Crippen LogP contribution in [-0.4, -0.2) is 18.7 Å². The van der Waals surface area contributed by atoms with Gasteiger partial charge in [-0.3, -0.25) is 0 Å². The van der Waals surface area contributed by atoms with Gasteiger partial charge in [-0.1, -0.05) is 65.8 Å². The van der Waals surface area contributed by atoms with Crippen LogP contribution in [-0.2, 0) is 0 Å². The summed E-state index contributed by atoms with van der Waals surface area (Å²) >= 11 is 0. The predicted octanol–water partition coefficient (Wildman–Crippen LogP) is 4.90. The molecule has 1 aromatic rings. The van der Waals surface area contributed by atoms with Gasteiger partial charge in [-0.15, -0.1) is 0 Å². The Morgan fingerprint density at radius 3 is 2.00 bits per heavy atom. The third-order valence-electron chi connectivity index (χ3n) is 2.55. The Morgan fingerprint density at radius 1 is 1.10 bits per heavy atom. The smallest absolute Gasteiger partial charge is 0.119 e. The Bertz CT molecular complexity index is 335. The van der Waals surface area contributed by atoms with Gasteiger partial charge in [0.2, 0.25) is 0 Å². The number of hydrogen-bond donors (Lipinski definition) is 1. The van der Waals surface area contributed by atoms with Crippen molar-refractivity contribution >= 4 is 6.08 Å². The summed E-state index contributed by atoms with van der Waals surface area (Å²) < 4.78 is 5.51. The fourth-order valence-electron chi connectivity index (χ4n) is 1.70. The maximum atomic E-state index is 5.51. The Hall–Kier alpha value is -1.28. The van der Waals surface area contributed by atoms with Gasteiger partial charge in [0, 0.05) is 12.1 Å². The maximum absolute atomic E-state index is 5.51. The van der Waals surface area contributed by atoms with E-state index in [2.05, 4.69) is 46.5 Å². The molecule has 1 rings (SSSR count). The van der Waals surface area contributed by atoms with Crippen molar-refractivity contribution in [3.63, 3.8) is 0 Å². The van der Waals surface area contributed by atoms with Crippen molar-refractivity contribution < 1.29 is 4.74 Å². The van der Waals surface area contributed by atoms with Crippen LogP contribution in [0.2, 0.25) is 0 Å². The summed E-state index contributed by atoms with van der Waals surface area (Å²) in [7, 11) is 0. The summed E-state index contributed by atoms with van der Waals surface area (Å²) in [5, 5.41) is 3.31. The van der Waals surface area contributed by atoms with Crippen molar-refractivity contribution in [3.8, 4) is 5.75 Å². The molecular weight excluding hydrogens is 246 g/mol. The van der Waals surface area contributed by atoms with Crippen LogP contribution in [0.25, 0.3) is 6.08 Å². The molecule has 0 aromatic heterocycles. The molecule has 1 N–H and O–H groups in total. The van der Waals surface area contributed by atoms with Crippen molar-refractivity contribution in [2.75, 3.05) is 6.61 Å². The first-order chi connectivity index (χ1) is 9.49. The molecule has 0 aliphatic heterocycles. The minimum atomic E-state index is 0.625. The largest absolute Gasteiger partial charge is 0.494 e. The van der Waals surface area contributed by atoms with Crippen molar-refractivity contribution in [1.29, 1.82) is 0 Å². The highest BCUT2D eigenvalue weighted by atomic mass is 16.5. The van der Waals surface area contributed by atoms with Gasteiger partial charge in [-0.2, -0.15) is 0 Å². The quantitative estimate of drug-likeness (QED) is 0.716.